The summed E-state index contributed by atoms with van der Waals surface area (Å²) in [4.78, 5) is 24.7. The van der Waals surface area contributed by atoms with Crippen LogP contribution in [0.1, 0.15) is 59.8 Å². The van der Waals surface area contributed by atoms with E-state index in [0.717, 1.165) is 5.57 Å². The second kappa shape index (κ2) is 6.51. The van der Waals surface area contributed by atoms with E-state index in [0.29, 0.717) is 25.7 Å². The maximum atomic E-state index is 17.2. The summed E-state index contributed by atoms with van der Waals surface area (Å²) in [6, 6.07) is 0. The van der Waals surface area contributed by atoms with E-state index >= 15 is 4.39 Å². The van der Waals surface area contributed by atoms with Crippen molar-refractivity contribution >= 4 is 11.8 Å². The first-order valence-electron chi connectivity index (χ1n) is 11.6. The molecule has 0 radical (unpaired) electrons. The van der Waals surface area contributed by atoms with Gasteiger partial charge in [0, 0.05) is 16.7 Å². The van der Waals surface area contributed by atoms with Crippen LogP contribution in [0.4, 0.5) is 4.39 Å². The lowest BCUT2D eigenvalue weighted by Gasteiger charge is -2.63. The molecule has 1 spiro atoms. The molecule has 4 fully saturated rings. The lowest BCUT2D eigenvalue weighted by molar-refractivity contribution is -0.236. The minimum atomic E-state index is -1.90. The summed E-state index contributed by atoms with van der Waals surface area (Å²) in [5.74, 6) is -2.16. The van der Waals surface area contributed by atoms with E-state index in [2.05, 4.69) is 0 Å². The van der Waals surface area contributed by atoms with Gasteiger partial charge in [0.1, 0.15) is 5.60 Å². The minimum absolute atomic E-state index is 0.107. The molecule has 0 bridgehead atoms. The standard InChI is InChI=1S/C25H33FO6/c1-21(2)31-19(20(29)30-5)24(32-21)11-9-16-17-7-6-14-12-15(27)8-10-22(14,3)25(17,26)18(28)13-23(16,24)4/h8,10,12,16-19,28H,6-7,9,11,13H2,1-5H3/t16-,17-,18-,19-,22-,23-,24-,25-/m0/s1. The molecule has 1 heterocycles. The number of hydrogen-bond acceptors (Lipinski definition) is 6. The lowest BCUT2D eigenvalue weighted by Crippen LogP contribution is -2.69. The Morgan fingerprint density at radius 2 is 1.94 bits per heavy atom. The van der Waals surface area contributed by atoms with Gasteiger partial charge in [-0.05, 0) is 70.9 Å². The van der Waals surface area contributed by atoms with Crippen molar-refractivity contribution in [2.24, 2.45) is 22.7 Å². The van der Waals surface area contributed by atoms with Crippen LogP contribution in [0.25, 0.3) is 0 Å². The lowest BCUT2D eigenvalue weighted by atomic mass is 9.44. The Bertz CT molecular complexity index is 941. The molecule has 0 aromatic carbocycles. The summed E-state index contributed by atoms with van der Waals surface area (Å²) in [7, 11) is 1.33. The number of aliphatic hydroxyl groups excluding tert-OH is 1. The molecule has 0 aromatic heterocycles. The van der Waals surface area contributed by atoms with E-state index in [-0.39, 0.29) is 18.1 Å². The Balaban J connectivity index is 1.60. The topological polar surface area (TPSA) is 82.1 Å². The highest BCUT2D eigenvalue weighted by Crippen LogP contribution is 2.72. The molecule has 4 aliphatic carbocycles. The fourth-order valence-electron chi connectivity index (χ4n) is 8.07. The maximum Gasteiger partial charge on any atom is 0.338 e. The summed E-state index contributed by atoms with van der Waals surface area (Å²) in [6.07, 6.45) is 4.91. The number of esters is 1. The Labute approximate surface area is 188 Å². The number of carbonyl (C=O) groups is 2. The van der Waals surface area contributed by atoms with Crippen molar-refractivity contribution in [2.45, 2.75) is 89.1 Å². The fourth-order valence-corrected chi connectivity index (χ4v) is 8.07. The highest BCUT2D eigenvalue weighted by Gasteiger charge is 2.77. The molecular weight excluding hydrogens is 415 g/mol. The molecule has 0 unspecified atom stereocenters. The average molecular weight is 449 g/mol. The average Bonchev–Trinajstić information content (AvgIpc) is 3.16. The van der Waals surface area contributed by atoms with Gasteiger partial charge in [-0.3, -0.25) is 4.79 Å². The van der Waals surface area contributed by atoms with Crippen LogP contribution < -0.4 is 0 Å². The van der Waals surface area contributed by atoms with E-state index in [1.54, 1.807) is 26.8 Å². The van der Waals surface area contributed by atoms with Gasteiger partial charge >= 0.3 is 5.97 Å². The molecule has 6 nitrogen and oxygen atoms in total. The molecule has 3 saturated carbocycles. The number of alkyl halides is 1. The fraction of sp³-hybridized carbons (Fsp3) is 0.760. The number of aliphatic hydroxyl groups is 1. The molecule has 176 valence electrons. The zero-order chi connectivity index (χ0) is 23.3. The Kier molecular flexibility index (Phi) is 4.53. The van der Waals surface area contributed by atoms with Gasteiger partial charge in [0.05, 0.1) is 13.2 Å². The predicted molar refractivity (Wildman–Crippen MR) is 113 cm³/mol. The first kappa shape index (κ1) is 22.2. The minimum Gasteiger partial charge on any atom is -0.467 e. The van der Waals surface area contributed by atoms with Crippen molar-refractivity contribution in [3.8, 4) is 0 Å². The zero-order valence-electron chi connectivity index (χ0n) is 19.4. The number of ether oxygens (including phenoxy) is 3. The zero-order valence-corrected chi connectivity index (χ0v) is 19.4. The molecule has 5 aliphatic rings. The Hall–Kier alpha value is -1.57. The smallest absolute Gasteiger partial charge is 0.338 e. The number of ketones is 1. The first-order chi connectivity index (χ1) is 14.8. The number of carbonyl (C=O) groups excluding carboxylic acids is 2. The van der Waals surface area contributed by atoms with Crippen LogP contribution in [0.15, 0.2) is 23.8 Å². The third-order valence-corrected chi connectivity index (χ3v) is 9.49. The third-order valence-electron chi connectivity index (χ3n) is 9.49. The number of rotatable bonds is 1. The van der Waals surface area contributed by atoms with Crippen LogP contribution in [0.3, 0.4) is 0 Å². The quantitative estimate of drug-likeness (QED) is 0.619. The van der Waals surface area contributed by atoms with Gasteiger partial charge in [-0.2, -0.15) is 0 Å². The Morgan fingerprint density at radius 1 is 1.22 bits per heavy atom. The highest BCUT2D eigenvalue weighted by molar-refractivity contribution is 6.01. The Morgan fingerprint density at radius 3 is 2.62 bits per heavy atom. The van der Waals surface area contributed by atoms with Crippen LogP contribution in [0, 0.1) is 22.7 Å². The molecule has 5 rings (SSSR count). The molecule has 0 aromatic rings. The van der Waals surface area contributed by atoms with Crippen molar-refractivity contribution in [2.75, 3.05) is 7.11 Å². The van der Waals surface area contributed by atoms with Crippen LogP contribution >= 0.6 is 0 Å². The largest absolute Gasteiger partial charge is 0.467 e. The number of hydrogen-bond donors (Lipinski definition) is 1. The van der Waals surface area contributed by atoms with Gasteiger partial charge in [-0.1, -0.05) is 18.6 Å². The van der Waals surface area contributed by atoms with Crippen molar-refractivity contribution < 1.29 is 33.3 Å². The predicted octanol–water partition coefficient (Wildman–Crippen LogP) is 3.42. The van der Waals surface area contributed by atoms with Gasteiger partial charge in [0.2, 0.25) is 0 Å². The van der Waals surface area contributed by atoms with E-state index in [1.165, 1.54) is 19.3 Å². The highest BCUT2D eigenvalue weighted by atomic mass is 19.1. The van der Waals surface area contributed by atoms with Crippen LogP contribution in [0.5, 0.6) is 0 Å². The van der Waals surface area contributed by atoms with Gasteiger partial charge in [0.25, 0.3) is 0 Å². The molecule has 32 heavy (non-hydrogen) atoms. The summed E-state index contributed by atoms with van der Waals surface area (Å²) in [5.41, 5.74) is -3.85. The molecule has 1 saturated heterocycles. The first-order valence-corrected chi connectivity index (χ1v) is 11.6. The van der Waals surface area contributed by atoms with Gasteiger partial charge in [0.15, 0.2) is 23.3 Å². The number of allylic oxidation sites excluding steroid dienone is 4. The second-order valence-corrected chi connectivity index (χ2v) is 11.2. The normalized spacial score (nSPS) is 51.1. The van der Waals surface area contributed by atoms with Crippen molar-refractivity contribution in [3.05, 3.63) is 23.8 Å². The van der Waals surface area contributed by atoms with Crippen molar-refractivity contribution in [1.82, 2.24) is 0 Å². The molecule has 7 heteroatoms. The molecule has 1 N–H and O–H groups in total. The molecule has 0 amide bonds. The van der Waals surface area contributed by atoms with E-state index in [1.807, 2.05) is 6.92 Å². The van der Waals surface area contributed by atoms with Gasteiger partial charge in [-0.15, -0.1) is 0 Å². The summed E-state index contributed by atoms with van der Waals surface area (Å²) < 4.78 is 34.8. The monoisotopic (exact) mass is 448 g/mol. The number of methoxy groups -OCH3 is 1. The second-order valence-electron chi connectivity index (χ2n) is 11.2. The van der Waals surface area contributed by atoms with Crippen molar-refractivity contribution in [1.29, 1.82) is 0 Å². The molecule has 1 aliphatic heterocycles. The SMILES string of the molecule is COC(=O)[C@@H]1OC(C)(C)O[C@@]12CC[C@H]1[C@@H]3CCC4=CC(=O)C=C[C@]4(C)[C@@]3(F)[C@@H](O)C[C@@]12C. The van der Waals surface area contributed by atoms with Gasteiger partial charge < -0.3 is 19.3 Å². The van der Waals surface area contributed by atoms with Gasteiger partial charge in [-0.25, -0.2) is 9.18 Å². The van der Waals surface area contributed by atoms with E-state index in [4.69, 9.17) is 14.2 Å². The van der Waals surface area contributed by atoms with E-state index < -0.39 is 52.0 Å². The van der Waals surface area contributed by atoms with Crippen LogP contribution in [-0.4, -0.2) is 53.2 Å². The number of halogens is 1. The third kappa shape index (κ3) is 2.45. The molecular formula is C25H33FO6. The summed E-state index contributed by atoms with van der Waals surface area (Å²) in [6.45, 7) is 7.37. The van der Waals surface area contributed by atoms with Crippen LogP contribution in [-0.2, 0) is 23.8 Å². The van der Waals surface area contributed by atoms with Crippen molar-refractivity contribution in [3.63, 3.8) is 0 Å². The summed E-state index contributed by atoms with van der Waals surface area (Å²) in [5, 5.41) is 11.5. The number of fused-ring (bicyclic) bond motifs is 6. The summed E-state index contributed by atoms with van der Waals surface area (Å²) >= 11 is 0. The molecule has 8 atom stereocenters. The van der Waals surface area contributed by atoms with E-state index in [9.17, 15) is 14.7 Å². The maximum absolute atomic E-state index is 17.2. The van der Waals surface area contributed by atoms with Crippen LogP contribution in [0.2, 0.25) is 0 Å².